The van der Waals surface area contributed by atoms with Gasteiger partial charge in [0.1, 0.15) is 12.4 Å². The fourth-order valence-electron chi connectivity index (χ4n) is 2.72. The molecular formula is C22H21Cl2NO2. The van der Waals surface area contributed by atoms with E-state index < -0.39 is 6.10 Å². The normalized spacial score (nSPS) is 12.0. The van der Waals surface area contributed by atoms with Gasteiger partial charge in [-0.1, -0.05) is 77.8 Å². The van der Waals surface area contributed by atoms with Gasteiger partial charge in [-0.3, -0.25) is 0 Å². The van der Waals surface area contributed by atoms with Gasteiger partial charge in [-0.15, -0.1) is 0 Å². The summed E-state index contributed by atoms with van der Waals surface area (Å²) in [6.07, 6.45) is -0.549. The Morgan fingerprint density at radius 1 is 0.889 bits per heavy atom. The van der Waals surface area contributed by atoms with Crippen LogP contribution in [0.2, 0.25) is 10.0 Å². The first-order valence-electron chi connectivity index (χ1n) is 8.72. The molecule has 3 rings (SSSR count). The molecule has 0 aliphatic carbocycles. The van der Waals surface area contributed by atoms with Crippen LogP contribution in [-0.2, 0) is 13.2 Å². The van der Waals surface area contributed by atoms with Gasteiger partial charge in [0.15, 0.2) is 0 Å². The van der Waals surface area contributed by atoms with Crippen LogP contribution in [0.5, 0.6) is 5.75 Å². The van der Waals surface area contributed by atoms with Gasteiger partial charge < -0.3 is 15.2 Å². The molecule has 5 heteroatoms. The van der Waals surface area contributed by atoms with Crippen LogP contribution in [0.15, 0.2) is 72.8 Å². The summed E-state index contributed by atoms with van der Waals surface area (Å²) in [6, 6.07) is 22.8. The van der Waals surface area contributed by atoms with E-state index in [9.17, 15) is 5.11 Å². The summed E-state index contributed by atoms with van der Waals surface area (Å²) >= 11 is 12.1. The molecule has 0 radical (unpaired) electrons. The molecule has 0 heterocycles. The lowest BCUT2D eigenvalue weighted by molar-refractivity contribution is 0.174. The number of hydrogen-bond donors (Lipinski definition) is 2. The summed E-state index contributed by atoms with van der Waals surface area (Å²) < 4.78 is 5.96. The fourth-order valence-corrected chi connectivity index (χ4v) is 3.18. The monoisotopic (exact) mass is 401 g/mol. The Bertz CT molecular complexity index is 871. The molecule has 0 saturated heterocycles. The number of aliphatic hydroxyl groups excluding tert-OH is 1. The molecule has 3 aromatic carbocycles. The third kappa shape index (κ3) is 5.72. The van der Waals surface area contributed by atoms with E-state index >= 15 is 0 Å². The maximum atomic E-state index is 10.3. The molecule has 3 nitrogen and oxygen atoms in total. The summed E-state index contributed by atoms with van der Waals surface area (Å²) in [7, 11) is 0. The van der Waals surface area contributed by atoms with E-state index in [0.717, 1.165) is 22.4 Å². The molecule has 2 N–H and O–H groups in total. The molecule has 0 aliphatic heterocycles. The molecule has 1 atom stereocenters. The standard InChI is InChI=1S/C22H21Cl2NO2/c23-19-11-10-18(20(24)12-19)15-27-22-9-5-4-8-17(22)13-25-14-21(26)16-6-2-1-3-7-16/h1-12,21,25-26H,13-15H2/t21-/m1/s1. The molecule has 140 valence electrons. The number of hydrogen-bond acceptors (Lipinski definition) is 3. The minimum atomic E-state index is -0.549. The number of aliphatic hydroxyl groups is 1. The zero-order valence-electron chi connectivity index (χ0n) is 14.7. The van der Waals surface area contributed by atoms with Crippen LogP contribution >= 0.6 is 23.2 Å². The Morgan fingerprint density at radius 2 is 1.63 bits per heavy atom. The third-order valence-electron chi connectivity index (χ3n) is 4.21. The van der Waals surface area contributed by atoms with Crippen molar-refractivity contribution in [3.8, 4) is 5.75 Å². The van der Waals surface area contributed by atoms with Crippen molar-refractivity contribution in [2.75, 3.05) is 6.54 Å². The van der Waals surface area contributed by atoms with E-state index in [1.807, 2.05) is 60.7 Å². The molecule has 0 amide bonds. The minimum absolute atomic E-state index is 0.361. The van der Waals surface area contributed by atoms with Crippen LogP contribution in [0.3, 0.4) is 0 Å². The van der Waals surface area contributed by atoms with Crippen LogP contribution in [0, 0.1) is 0 Å². The second-order valence-electron chi connectivity index (χ2n) is 6.19. The van der Waals surface area contributed by atoms with Crippen LogP contribution in [0.25, 0.3) is 0 Å². The zero-order valence-corrected chi connectivity index (χ0v) is 16.3. The summed E-state index contributed by atoms with van der Waals surface area (Å²) in [5.41, 5.74) is 2.79. The van der Waals surface area contributed by atoms with Gasteiger partial charge in [0.05, 0.1) is 6.10 Å². The molecule has 3 aromatic rings. The molecule has 0 spiro atoms. The molecule has 0 bridgehead atoms. The summed E-state index contributed by atoms with van der Waals surface area (Å²) in [4.78, 5) is 0. The Morgan fingerprint density at radius 3 is 2.41 bits per heavy atom. The first-order chi connectivity index (χ1) is 13.1. The predicted octanol–water partition coefficient (Wildman–Crippen LogP) is 5.40. The highest BCUT2D eigenvalue weighted by atomic mass is 35.5. The smallest absolute Gasteiger partial charge is 0.124 e. The second-order valence-corrected chi connectivity index (χ2v) is 7.03. The van der Waals surface area contributed by atoms with Crippen molar-refractivity contribution in [1.82, 2.24) is 5.32 Å². The highest BCUT2D eigenvalue weighted by molar-refractivity contribution is 6.35. The van der Waals surface area contributed by atoms with Gasteiger partial charge in [0.2, 0.25) is 0 Å². The number of nitrogens with one attached hydrogen (secondary N) is 1. The Hall–Kier alpha value is -2.04. The quantitative estimate of drug-likeness (QED) is 0.531. The highest BCUT2D eigenvalue weighted by Crippen LogP contribution is 2.24. The maximum Gasteiger partial charge on any atom is 0.124 e. The lowest BCUT2D eigenvalue weighted by Gasteiger charge is -2.15. The summed E-state index contributed by atoms with van der Waals surface area (Å²) in [6.45, 7) is 1.41. The third-order valence-corrected chi connectivity index (χ3v) is 4.80. The number of rotatable bonds is 8. The van der Waals surface area contributed by atoms with Crippen LogP contribution in [-0.4, -0.2) is 11.7 Å². The van der Waals surface area contributed by atoms with Crippen molar-refractivity contribution in [3.63, 3.8) is 0 Å². The van der Waals surface area contributed by atoms with Crippen molar-refractivity contribution in [2.45, 2.75) is 19.3 Å². The first-order valence-corrected chi connectivity index (χ1v) is 9.47. The van der Waals surface area contributed by atoms with Gasteiger partial charge in [0.25, 0.3) is 0 Å². The lowest BCUT2D eigenvalue weighted by Crippen LogP contribution is -2.21. The van der Waals surface area contributed by atoms with E-state index in [0.29, 0.717) is 29.7 Å². The predicted molar refractivity (Wildman–Crippen MR) is 110 cm³/mol. The highest BCUT2D eigenvalue weighted by Gasteiger charge is 2.09. The van der Waals surface area contributed by atoms with Gasteiger partial charge in [0, 0.05) is 34.3 Å². The second kappa shape index (κ2) is 9.77. The van der Waals surface area contributed by atoms with Crippen LogP contribution in [0.1, 0.15) is 22.8 Å². The van der Waals surface area contributed by atoms with Crippen molar-refractivity contribution < 1.29 is 9.84 Å². The lowest BCUT2D eigenvalue weighted by atomic mass is 10.1. The SMILES string of the molecule is O[C@H](CNCc1ccccc1OCc1ccc(Cl)cc1Cl)c1ccccc1. The largest absolute Gasteiger partial charge is 0.489 e. The number of benzene rings is 3. The Balaban J connectivity index is 1.57. The fraction of sp³-hybridized carbons (Fsp3) is 0.182. The molecule has 0 aromatic heterocycles. The van der Waals surface area contributed by atoms with Crippen molar-refractivity contribution >= 4 is 23.2 Å². The van der Waals surface area contributed by atoms with Crippen molar-refractivity contribution in [1.29, 1.82) is 0 Å². The molecular weight excluding hydrogens is 381 g/mol. The van der Waals surface area contributed by atoms with Crippen LogP contribution < -0.4 is 10.1 Å². The van der Waals surface area contributed by atoms with Crippen LogP contribution in [0.4, 0.5) is 0 Å². The summed E-state index contributed by atoms with van der Waals surface area (Å²) in [5.74, 6) is 0.783. The van der Waals surface area contributed by atoms with Gasteiger partial charge >= 0.3 is 0 Å². The Kier molecular flexibility index (Phi) is 7.13. The van der Waals surface area contributed by atoms with E-state index in [1.165, 1.54) is 0 Å². The van der Waals surface area contributed by atoms with E-state index in [2.05, 4.69) is 5.32 Å². The average Bonchev–Trinajstić information content (AvgIpc) is 2.69. The van der Waals surface area contributed by atoms with E-state index in [4.69, 9.17) is 27.9 Å². The Labute approximate surface area is 169 Å². The van der Waals surface area contributed by atoms with E-state index in [1.54, 1.807) is 12.1 Å². The molecule has 0 unspecified atom stereocenters. The number of ether oxygens (including phenoxy) is 1. The molecule has 0 aliphatic rings. The molecule has 0 saturated carbocycles. The topological polar surface area (TPSA) is 41.5 Å². The van der Waals surface area contributed by atoms with E-state index in [-0.39, 0.29) is 0 Å². The van der Waals surface area contributed by atoms with Gasteiger partial charge in [-0.2, -0.15) is 0 Å². The zero-order chi connectivity index (χ0) is 19.1. The summed E-state index contributed by atoms with van der Waals surface area (Å²) in [5, 5.41) is 14.7. The maximum absolute atomic E-state index is 10.3. The molecule has 0 fully saturated rings. The van der Waals surface area contributed by atoms with Crippen molar-refractivity contribution in [2.24, 2.45) is 0 Å². The average molecular weight is 402 g/mol. The van der Waals surface area contributed by atoms with Gasteiger partial charge in [-0.25, -0.2) is 0 Å². The minimum Gasteiger partial charge on any atom is -0.489 e. The van der Waals surface area contributed by atoms with Crippen molar-refractivity contribution in [3.05, 3.63) is 99.5 Å². The van der Waals surface area contributed by atoms with Gasteiger partial charge in [-0.05, 0) is 23.8 Å². The first kappa shape index (κ1) is 19.7. The number of para-hydroxylation sites is 1. The molecule has 27 heavy (non-hydrogen) atoms. The number of halogens is 2.